The quantitative estimate of drug-likeness (QED) is 0.0339. The first-order chi connectivity index (χ1) is 51.1. The van der Waals surface area contributed by atoms with Gasteiger partial charge in [0.05, 0.1) is 83.3 Å². The molecule has 0 N–H and O–H groups in total. The number of unbranched alkanes of at least 4 members (excludes halogenated alkanes) is 20. The first-order valence-corrected chi connectivity index (χ1v) is 39.1. The predicted molar refractivity (Wildman–Crippen MR) is 423 cm³/mol. The highest BCUT2D eigenvalue weighted by atomic mass is 16.5. The summed E-state index contributed by atoms with van der Waals surface area (Å²) in [7, 11) is 13.9. The van der Waals surface area contributed by atoms with Crippen molar-refractivity contribution in [2.24, 2.45) is 0 Å². The minimum Gasteiger partial charge on any atom is -0.496 e. The van der Waals surface area contributed by atoms with Crippen molar-refractivity contribution in [2.75, 3.05) is 83.3 Å². The number of benzene rings is 8. The molecule has 0 saturated carbocycles. The Labute approximate surface area is 623 Å². The van der Waals surface area contributed by atoms with Gasteiger partial charge in [0.25, 0.3) is 0 Å². The minimum atomic E-state index is -0.546. The Balaban J connectivity index is 1.35. The fourth-order valence-electron chi connectivity index (χ4n) is 15.0. The number of ether oxygens (including phenoxy) is 12. The molecule has 12 heteroatoms. The molecule has 0 saturated heterocycles. The fraction of sp³-hybridized carbons (Fsp3) is 0.478. The largest absolute Gasteiger partial charge is 0.496 e. The van der Waals surface area contributed by atoms with Gasteiger partial charge in [0.2, 0.25) is 0 Å². The van der Waals surface area contributed by atoms with Crippen molar-refractivity contribution in [3.63, 3.8) is 0 Å². The smallest absolute Gasteiger partial charge is 0.126 e. The molecule has 8 aromatic carbocycles. The van der Waals surface area contributed by atoms with E-state index in [1.807, 2.05) is 24.3 Å². The molecule has 0 spiro atoms. The predicted octanol–water partition coefficient (Wildman–Crippen LogP) is 23.7. The number of fused-ring (bicyclic) bond motifs is 8. The molecule has 8 aromatic rings. The Kier molecular flexibility index (Phi) is 32.4. The summed E-state index contributed by atoms with van der Waals surface area (Å²) in [6, 6.07) is 51.5. The Morgan fingerprint density at radius 2 is 0.346 bits per heavy atom. The maximum absolute atomic E-state index is 6.67. The lowest BCUT2D eigenvalue weighted by molar-refractivity contribution is 0.304. The molecule has 0 unspecified atom stereocenters. The first kappa shape index (κ1) is 79.5. The Morgan fingerprint density at radius 3 is 0.500 bits per heavy atom. The molecule has 0 fully saturated rings. The average molecular weight is 1420 g/mol. The topological polar surface area (TPSA) is 111 Å². The van der Waals surface area contributed by atoms with Crippen LogP contribution in [-0.4, -0.2) is 83.3 Å². The van der Waals surface area contributed by atoms with E-state index >= 15 is 0 Å². The van der Waals surface area contributed by atoms with E-state index in [4.69, 9.17) is 56.8 Å². The zero-order chi connectivity index (χ0) is 73.4. The van der Waals surface area contributed by atoms with Gasteiger partial charge in [-0.15, -0.1) is 0 Å². The van der Waals surface area contributed by atoms with Gasteiger partial charge < -0.3 is 56.8 Å². The molecule has 104 heavy (non-hydrogen) atoms. The van der Waals surface area contributed by atoms with Crippen molar-refractivity contribution >= 4 is 0 Å². The van der Waals surface area contributed by atoms with Gasteiger partial charge in [-0.3, -0.25) is 0 Å². The van der Waals surface area contributed by atoms with E-state index in [9.17, 15) is 0 Å². The van der Waals surface area contributed by atoms with Crippen LogP contribution in [0.5, 0.6) is 69.0 Å². The maximum Gasteiger partial charge on any atom is 0.126 e. The van der Waals surface area contributed by atoms with Crippen LogP contribution in [0.1, 0.15) is 272 Å². The SMILES string of the molecule is CCCCCCCCOc1ccc(C2c3cc(c(OC)cc3OC)C(c3ccc(OCCCCCCCC)cc3)c3cc(c(OC)cc3OC)C(c3ccc(OCCCCCCCC)cc3)c3cc(c(OC)cc3OC)C(c3ccc(OCCCCCCCC)cc3)c3cc2c(OC)cc3OC)cc1. The van der Waals surface area contributed by atoms with E-state index in [1.54, 1.807) is 56.9 Å². The van der Waals surface area contributed by atoms with Crippen molar-refractivity contribution in [1.82, 2.24) is 0 Å². The molecular weight excluding hydrogens is 1300 g/mol. The number of hydrogen-bond acceptors (Lipinski definition) is 12. The van der Waals surface area contributed by atoms with Gasteiger partial charge in [0.1, 0.15) is 69.0 Å². The van der Waals surface area contributed by atoms with E-state index in [0.29, 0.717) is 72.4 Å². The second-order valence-corrected chi connectivity index (χ2v) is 27.8. The summed E-state index contributed by atoms with van der Waals surface area (Å²) in [5, 5.41) is 0. The summed E-state index contributed by atoms with van der Waals surface area (Å²) in [5.41, 5.74) is 10.8. The van der Waals surface area contributed by atoms with Gasteiger partial charge in [-0.25, -0.2) is 0 Å². The molecule has 0 heterocycles. The van der Waals surface area contributed by atoms with Crippen LogP contribution in [0.3, 0.4) is 0 Å². The van der Waals surface area contributed by atoms with Crippen LogP contribution >= 0.6 is 0 Å². The lowest BCUT2D eigenvalue weighted by Gasteiger charge is -2.32. The number of rotatable bonds is 44. The molecular formula is C92H120O12. The maximum atomic E-state index is 6.67. The van der Waals surface area contributed by atoms with Crippen LogP contribution < -0.4 is 56.8 Å². The van der Waals surface area contributed by atoms with E-state index < -0.39 is 23.7 Å². The summed E-state index contributed by atoms with van der Waals surface area (Å²) in [4.78, 5) is 0. The van der Waals surface area contributed by atoms with Crippen LogP contribution in [0.2, 0.25) is 0 Å². The van der Waals surface area contributed by atoms with E-state index in [-0.39, 0.29) is 0 Å². The number of hydrogen-bond donors (Lipinski definition) is 0. The Hall–Kier alpha value is -8.64. The molecule has 8 bridgehead atoms. The Bertz CT molecular complexity index is 3220. The molecule has 12 nitrogen and oxygen atoms in total. The molecule has 0 amide bonds. The summed E-state index contributed by atoms with van der Waals surface area (Å²) < 4.78 is 79.5. The lowest BCUT2D eigenvalue weighted by Crippen LogP contribution is -2.16. The third-order valence-corrected chi connectivity index (χ3v) is 20.7. The highest BCUT2D eigenvalue weighted by Crippen LogP contribution is 2.55. The van der Waals surface area contributed by atoms with Gasteiger partial charge >= 0.3 is 0 Å². The van der Waals surface area contributed by atoms with E-state index in [0.717, 1.165) is 141 Å². The second kappa shape index (κ2) is 42.3. The normalized spacial score (nSPS) is 14.7. The van der Waals surface area contributed by atoms with Gasteiger partial charge in [-0.2, -0.15) is 0 Å². The third-order valence-electron chi connectivity index (χ3n) is 20.7. The summed E-state index contributed by atoms with van der Waals surface area (Å²) >= 11 is 0. The zero-order valence-corrected chi connectivity index (χ0v) is 64.9. The van der Waals surface area contributed by atoms with E-state index in [2.05, 4.69) is 149 Å². The number of methoxy groups -OCH3 is 8. The Morgan fingerprint density at radius 1 is 0.192 bits per heavy atom. The van der Waals surface area contributed by atoms with Crippen LogP contribution in [0.4, 0.5) is 0 Å². The van der Waals surface area contributed by atoms with Crippen molar-refractivity contribution in [3.05, 3.63) is 212 Å². The van der Waals surface area contributed by atoms with Crippen molar-refractivity contribution in [3.8, 4) is 69.0 Å². The van der Waals surface area contributed by atoms with Gasteiger partial charge in [0, 0.05) is 92.4 Å². The fourth-order valence-corrected chi connectivity index (χ4v) is 15.0. The highest BCUT2D eigenvalue weighted by Gasteiger charge is 2.37. The zero-order valence-electron chi connectivity index (χ0n) is 64.9. The molecule has 1 aliphatic rings. The molecule has 560 valence electrons. The van der Waals surface area contributed by atoms with Crippen LogP contribution in [0.25, 0.3) is 0 Å². The molecule has 0 aliphatic heterocycles. The molecule has 0 aromatic heterocycles. The summed E-state index contributed by atoms with van der Waals surface area (Å²) in [6.45, 7) is 11.6. The minimum absolute atomic E-state index is 0.546. The highest BCUT2D eigenvalue weighted by molar-refractivity contribution is 5.68. The lowest BCUT2D eigenvalue weighted by atomic mass is 9.75. The van der Waals surface area contributed by atoms with Crippen molar-refractivity contribution in [1.29, 1.82) is 0 Å². The van der Waals surface area contributed by atoms with Gasteiger partial charge in [0.15, 0.2) is 0 Å². The second-order valence-electron chi connectivity index (χ2n) is 27.8. The summed E-state index contributed by atoms with van der Waals surface area (Å²) in [5.74, 6) is 5.97. The third kappa shape index (κ3) is 20.9. The van der Waals surface area contributed by atoms with Gasteiger partial charge in [-0.1, -0.05) is 205 Å². The standard InChI is InChI=1S/C92H120O12/c1-13-17-21-25-29-33-53-101-69-45-37-65(38-46-69)89-73-57-75(83(95-7)61-81(73)93-5)90(66-39-47-70(48-40-66)102-54-34-30-26-22-18-14-2)77-59-79(87(99-11)63-85(77)97-9)92(68-43-51-72(52-44-68)104-56-36-32-28-24-20-16-4)80-60-78(86(98-10)64-88(80)100-12)91(76-58-74(89)82(94-6)62-84(76)96-8)67-41-49-71(50-42-67)103-55-35-31-27-23-19-15-3/h37-52,57-64,89-92H,13-36,53-56H2,1-12H3. The van der Waals surface area contributed by atoms with Crippen molar-refractivity contribution in [2.45, 2.75) is 205 Å². The molecule has 0 radical (unpaired) electrons. The van der Waals surface area contributed by atoms with Crippen LogP contribution in [-0.2, 0) is 0 Å². The molecule has 0 atom stereocenters. The summed E-state index contributed by atoms with van der Waals surface area (Å²) in [6.07, 6.45) is 28.2. The van der Waals surface area contributed by atoms with Crippen LogP contribution in [0, 0.1) is 0 Å². The molecule has 9 rings (SSSR count). The van der Waals surface area contributed by atoms with Gasteiger partial charge in [-0.05, 0) is 121 Å². The van der Waals surface area contributed by atoms with Crippen molar-refractivity contribution < 1.29 is 56.8 Å². The van der Waals surface area contributed by atoms with Crippen LogP contribution in [0.15, 0.2) is 146 Å². The van der Waals surface area contributed by atoms with E-state index in [1.165, 1.54) is 103 Å². The monoisotopic (exact) mass is 1420 g/mol. The average Bonchev–Trinajstić information content (AvgIpc) is 0.738. The molecule has 1 aliphatic carbocycles. The first-order valence-electron chi connectivity index (χ1n) is 39.1.